The van der Waals surface area contributed by atoms with Crippen LogP contribution >= 0.6 is 0 Å². The molecule has 7 heteroatoms. The number of rotatable bonds is 4. The van der Waals surface area contributed by atoms with E-state index in [-0.39, 0.29) is 11.8 Å². The molecule has 3 rings (SSSR count). The van der Waals surface area contributed by atoms with Gasteiger partial charge in [-0.1, -0.05) is 35.6 Å². The molecule has 0 atom stereocenters. The molecule has 0 aliphatic carbocycles. The second-order valence-electron chi connectivity index (χ2n) is 4.18. The molecular formula is C13H12FN5O. The van der Waals surface area contributed by atoms with E-state index in [2.05, 4.69) is 20.3 Å². The third-order valence-electron chi connectivity index (χ3n) is 2.74. The Morgan fingerprint density at radius 3 is 2.85 bits per heavy atom. The minimum atomic E-state index is -0.544. The van der Waals surface area contributed by atoms with E-state index in [1.54, 1.807) is 0 Å². The Kier molecular flexibility index (Phi) is 3.49. The third kappa shape index (κ3) is 2.71. The molecular weight excluding hydrogens is 261 g/mol. The van der Waals surface area contributed by atoms with E-state index in [0.717, 1.165) is 11.8 Å². The summed E-state index contributed by atoms with van der Waals surface area (Å²) in [7, 11) is 0. The Balaban J connectivity index is 1.74. The van der Waals surface area contributed by atoms with Crippen LogP contribution in [0.4, 0.5) is 10.2 Å². The predicted molar refractivity (Wildman–Crippen MR) is 69.8 cm³/mol. The molecule has 0 spiro atoms. The molecule has 0 unspecified atom stereocenters. The number of halogens is 1. The van der Waals surface area contributed by atoms with Crippen LogP contribution in [0.25, 0.3) is 0 Å². The van der Waals surface area contributed by atoms with Crippen LogP contribution in [0.15, 0.2) is 46.9 Å². The molecule has 102 valence electrons. The standard InChI is InChI=1S/C13H12FN5O/c14-11-8-15-13(17-12(11)19-7-6-16-18-19)20-9-10-4-2-1-3-5-10/h1-5,8H,6-7,9H2. The van der Waals surface area contributed by atoms with Gasteiger partial charge in [-0.15, -0.1) is 0 Å². The SMILES string of the molecule is Fc1cnc(OCc2ccccc2)nc1N1CCN=N1. The minimum Gasteiger partial charge on any atom is -0.459 e. The Labute approximate surface area is 114 Å². The maximum absolute atomic E-state index is 13.7. The van der Waals surface area contributed by atoms with Crippen molar-refractivity contribution in [3.05, 3.63) is 47.9 Å². The highest BCUT2D eigenvalue weighted by molar-refractivity contribution is 5.39. The van der Waals surface area contributed by atoms with Gasteiger partial charge in [0.15, 0.2) is 11.6 Å². The van der Waals surface area contributed by atoms with Crippen molar-refractivity contribution in [3.63, 3.8) is 0 Å². The fraction of sp³-hybridized carbons (Fsp3) is 0.231. The molecule has 0 saturated carbocycles. The fourth-order valence-corrected chi connectivity index (χ4v) is 1.77. The summed E-state index contributed by atoms with van der Waals surface area (Å²) in [4.78, 5) is 7.85. The number of hydrogen-bond acceptors (Lipinski definition) is 6. The summed E-state index contributed by atoms with van der Waals surface area (Å²) in [6.45, 7) is 1.36. The van der Waals surface area contributed by atoms with E-state index < -0.39 is 5.82 Å². The Hall–Kier alpha value is -2.57. The highest BCUT2D eigenvalue weighted by Crippen LogP contribution is 2.21. The number of hydrogen-bond donors (Lipinski definition) is 0. The average molecular weight is 273 g/mol. The van der Waals surface area contributed by atoms with E-state index >= 15 is 0 Å². The normalized spacial score (nSPS) is 13.8. The predicted octanol–water partition coefficient (Wildman–Crippen LogP) is 2.38. The summed E-state index contributed by atoms with van der Waals surface area (Å²) in [5, 5.41) is 8.98. The summed E-state index contributed by atoms with van der Waals surface area (Å²) in [5.74, 6) is -0.456. The lowest BCUT2D eigenvalue weighted by molar-refractivity contribution is 0.279. The maximum Gasteiger partial charge on any atom is 0.318 e. The summed E-state index contributed by atoms with van der Waals surface area (Å²) < 4.78 is 19.1. The molecule has 0 saturated heterocycles. The highest BCUT2D eigenvalue weighted by Gasteiger charge is 2.18. The Morgan fingerprint density at radius 1 is 1.25 bits per heavy atom. The lowest BCUT2D eigenvalue weighted by Crippen LogP contribution is -2.17. The van der Waals surface area contributed by atoms with Gasteiger partial charge in [0.25, 0.3) is 0 Å². The zero-order valence-corrected chi connectivity index (χ0v) is 10.6. The monoisotopic (exact) mass is 273 g/mol. The first-order chi connectivity index (χ1) is 9.83. The van der Waals surface area contributed by atoms with Crippen LogP contribution in [0.5, 0.6) is 6.01 Å². The quantitative estimate of drug-likeness (QED) is 0.858. The molecule has 0 radical (unpaired) electrons. The largest absolute Gasteiger partial charge is 0.459 e. The molecule has 1 aliphatic heterocycles. The summed E-state index contributed by atoms with van der Waals surface area (Å²) in [6, 6.07) is 9.74. The second kappa shape index (κ2) is 5.60. The summed E-state index contributed by atoms with van der Waals surface area (Å²) >= 11 is 0. The van der Waals surface area contributed by atoms with Gasteiger partial charge < -0.3 is 4.74 Å². The number of nitrogens with zero attached hydrogens (tertiary/aromatic N) is 5. The van der Waals surface area contributed by atoms with E-state index in [0.29, 0.717) is 19.7 Å². The number of aromatic nitrogens is 2. The topological polar surface area (TPSA) is 63.0 Å². The van der Waals surface area contributed by atoms with Gasteiger partial charge in [0.2, 0.25) is 0 Å². The molecule has 1 aromatic carbocycles. The zero-order chi connectivity index (χ0) is 13.8. The van der Waals surface area contributed by atoms with E-state index in [9.17, 15) is 4.39 Å². The first-order valence-corrected chi connectivity index (χ1v) is 6.17. The van der Waals surface area contributed by atoms with Gasteiger partial charge in [0, 0.05) is 0 Å². The Bertz CT molecular complexity index is 619. The van der Waals surface area contributed by atoms with Gasteiger partial charge in [0.1, 0.15) is 6.61 Å². The van der Waals surface area contributed by atoms with Crippen molar-refractivity contribution in [1.29, 1.82) is 0 Å². The zero-order valence-electron chi connectivity index (χ0n) is 10.6. The van der Waals surface area contributed by atoms with Crippen molar-refractivity contribution in [2.75, 3.05) is 18.1 Å². The van der Waals surface area contributed by atoms with Crippen molar-refractivity contribution in [3.8, 4) is 6.01 Å². The van der Waals surface area contributed by atoms with Crippen LogP contribution < -0.4 is 9.75 Å². The Morgan fingerprint density at radius 2 is 2.10 bits per heavy atom. The van der Waals surface area contributed by atoms with Gasteiger partial charge in [-0.05, 0) is 5.56 Å². The van der Waals surface area contributed by atoms with Crippen LogP contribution in [-0.4, -0.2) is 23.1 Å². The van der Waals surface area contributed by atoms with Crippen LogP contribution in [0, 0.1) is 5.82 Å². The average Bonchev–Trinajstić information content (AvgIpc) is 3.01. The minimum absolute atomic E-state index is 0.0873. The fourth-order valence-electron chi connectivity index (χ4n) is 1.77. The van der Waals surface area contributed by atoms with Gasteiger partial charge in [-0.3, -0.25) is 0 Å². The van der Waals surface area contributed by atoms with Crippen molar-refractivity contribution in [2.45, 2.75) is 6.61 Å². The highest BCUT2D eigenvalue weighted by atomic mass is 19.1. The molecule has 0 bridgehead atoms. The molecule has 1 aromatic heterocycles. The molecule has 2 aromatic rings. The first-order valence-electron chi connectivity index (χ1n) is 6.17. The van der Waals surface area contributed by atoms with E-state index in [4.69, 9.17) is 4.74 Å². The van der Waals surface area contributed by atoms with Gasteiger partial charge in [0.05, 0.1) is 19.3 Å². The number of ether oxygens (including phenoxy) is 1. The van der Waals surface area contributed by atoms with Crippen LogP contribution in [0.3, 0.4) is 0 Å². The molecule has 1 aliphatic rings. The van der Waals surface area contributed by atoms with Crippen LogP contribution in [-0.2, 0) is 6.61 Å². The maximum atomic E-state index is 13.7. The molecule has 2 heterocycles. The molecule has 0 amide bonds. The first kappa shape index (κ1) is 12.5. The number of benzene rings is 1. The third-order valence-corrected chi connectivity index (χ3v) is 2.74. The van der Waals surface area contributed by atoms with Crippen molar-refractivity contribution in [2.24, 2.45) is 10.3 Å². The van der Waals surface area contributed by atoms with Crippen LogP contribution in [0.2, 0.25) is 0 Å². The summed E-state index contributed by atoms with van der Waals surface area (Å²) in [5.41, 5.74) is 0.989. The molecule has 0 fully saturated rings. The van der Waals surface area contributed by atoms with Crippen molar-refractivity contribution < 1.29 is 9.13 Å². The van der Waals surface area contributed by atoms with Crippen molar-refractivity contribution in [1.82, 2.24) is 9.97 Å². The molecule has 6 nitrogen and oxygen atoms in total. The lowest BCUT2D eigenvalue weighted by Gasteiger charge is -2.12. The summed E-state index contributed by atoms with van der Waals surface area (Å²) in [6.07, 6.45) is 1.08. The second-order valence-corrected chi connectivity index (χ2v) is 4.18. The number of anilines is 1. The lowest BCUT2D eigenvalue weighted by atomic mass is 10.2. The van der Waals surface area contributed by atoms with Gasteiger partial charge >= 0.3 is 6.01 Å². The van der Waals surface area contributed by atoms with Crippen molar-refractivity contribution >= 4 is 5.82 Å². The molecule has 20 heavy (non-hydrogen) atoms. The van der Waals surface area contributed by atoms with Gasteiger partial charge in [-0.2, -0.15) is 10.1 Å². The van der Waals surface area contributed by atoms with Crippen LogP contribution in [0.1, 0.15) is 5.56 Å². The van der Waals surface area contributed by atoms with E-state index in [1.807, 2.05) is 30.3 Å². The molecule has 0 N–H and O–H groups in total. The van der Waals surface area contributed by atoms with Gasteiger partial charge in [-0.25, -0.2) is 14.4 Å². The smallest absolute Gasteiger partial charge is 0.318 e. The van der Waals surface area contributed by atoms with E-state index in [1.165, 1.54) is 5.01 Å².